The highest BCUT2D eigenvalue weighted by atomic mass is 16.6. The second-order valence-electron chi connectivity index (χ2n) is 9.42. The summed E-state index contributed by atoms with van der Waals surface area (Å²) in [5, 5.41) is 11.3. The minimum atomic E-state index is -0.730. The highest BCUT2D eigenvalue weighted by molar-refractivity contribution is 5.75. The van der Waals surface area contributed by atoms with E-state index in [0.717, 1.165) is 12.0 Å². The molecule has 1 aliphatic heterocycles. The minimum absolute atomic E-state index is 0.100. The second-order valence-corrected chi connectivity index (χ2v) is 9.42. The molecule has 0 amide bonds. The number of cyclic esters (lactones) is 1. The number of hydrogen-bond acceptors (Lipinski definition) is 7. The average Bonchev–Trinajstić information content (AvgIpc) is 3.16. The lowest BCUT2D eigenvalue weighted by atomic mass is 9.80. The van der Waals surface area contributed by atoms with Crippen LogP contribution in [0.25, 0.3) is 0 Å². The van der Waals surface area contributed by atoms with Gasteiger partial charge in [-0.15, -0.1) is 0 Å². The van der Waals surface area contributed by atoms with Crippen LogP contribution < -0.4 is 15.2 Å². The molecule has 182 valence electrons. The van der Waals surface area contributed by atoms with Gasteiger partial charge in [0.15, 0.2) is 11.5 Å². The van der Waals surface area contributed by atoms with Gasteiger partial charge >= 0.3 is 5.97 Å². The maximum atomic E-state index is 12.2. The van der Waals surface area contributed by atoms with Gasteiger partial charge in [-0.1, -0.05) is 33.8 Å². The Morgan fingerprint density at radius 3 is 2.44 bits per heavy atom. The Balaban J connectivity index is 2.12. The number of methoxy groups -OCH3 is 2. The first-order chi connectivity index (χ1) is 15.2. The third kappa shape index (κ3) is 6.83. The highest BCUT2D eigenvalue weighted by Crippen LogP contribution is 2.38. The predicted molar refractivity (Wildman–Crippen MR) is 124 cm³/mol. The van der Waals surface area contributed by atoms with Crippen LogP contribution in [0.5, 0.6) is 11.5 Å². The van der Waals surface area contributed by atoms with Crippen LogP contribution in [0.1, 0.15) is 58.6 Å². The van der Waals surface area contributed by atoms with Crippen LogP contribution in [0.15, 0.2) is 18.2 Å². The zero-order valence-corrected chi connectivity index (χ0v) is 20.4. The van der Waals surface area contributed by atoms with Crippen molar-refractivity contribution in [3.8, 4) is 11.5 Å². The van der Waals surface area contributed by atoms with Crippen LogP contribution in [-0.2, 0) is 14.3 Å². The van der Waals surface area contributed by atoms with E-state index in [-0.39, 0.29) is 41.8 Å². The molecule has 0 aromatic heterocycles. The van der Waals surface area contributed by atoms with E-state index in [4.69, 9.17) is 24.7 Å². The SMILES string of the molecule is COCCCOc1cc(C(O)[C@@H](C[C@H](N)[C@@H]2C[C@@H](C(C)C)C(=O)O2)C(C)C)ccc1OC. The summed E-state index contributed by atoms with van der Waals surface area (Å²) in [7, 11) is 3.25. The van der Waals surface area contributed by atoms with Gasteiger partial charge in [0, 0.05) is 26.2 Å². The lowest BCUT2D eigenvalue weighted by Gasteiger charge is -2.31. The number of carbonyl (C=O) groups excluding carboxylic acids is 1. The van der Waals surface area contributed by atoms with E-state index in [1.54, 1.807) is 14.2 Å². The molecule has 0 spiro atoms. The maximum Gasteiger partial charge on any atom is 0.309 e. The van der Waals surface area contributed by atoms with Gasteiger partial charge in [-0.3, -0.25) is 4.79 Å². The molecule has 1 unspecified atom stereocenters. The van der Waals surface area contributed by atoms with Gasteiger partial charge in [-0.05, 0) is 48.3 Å². The predicted octanol–water partition coefficient (Wildman–Crippen LogP) is 3.72. The molecule has 5 atom stereocenters. The summed E-state index contributed by atoms with van der Waals surface area (Å²) in [6.07, 6.45) is 0.913. The van der Waals surface area contributed by atoms with Crippen molar-refractivity contribution < 1.29 is 28.8 Å². The molecule has 32 heavy (non-hydrogen) atoms. The van der Waals surface area contributed by atoms with Gasteiger partial charge in [0.05, 0.1) is 25.7 Å². The lowest BCUT2D eigenvalue weighted by molar-refractivity contribution is -0.146. The van der Waals surface area contributed by atoms with Crippen LogP contribution in [-0.4, -0.2) is 50.7 Å². The molecular weight excluding hydrogens is 410 g/mol. The monoisotopic (exact) mass is 451 g/mol. The molecule has 1 heterocycles. The zero-order valence-electron chi connectivity index (χ0n) is 20.4. The standard InChI is InChI=1S/C25H41NO6/c1-15(2)18(13-20(26)22-14-19(16(3)4)25(28)32-22)24(27)17-8-9-21(30-6)23(12-17)31-11-7-10-29-5/h8-9,12,15-16,18-20,22,24,27H,7,10-11,13-14,26H2,1-6H3/t18-,19-,20-,22-,24?/m0/s1. The Bertz CT molecular complexity index is 722. The van der Waals surface area contributed by atoms with Crippen LogP contribution in [0, 0.1) is 23.7 Å². The zero-order chi connectivity index (χ0) is 23.8. The van der Waals surface area contributed by atoms with Gasteiger partial charge in [0.1, 0.15) is 6.10 Å². The molecule has 0 radical (unpaired) electrons. The molecule has 0 bridgehead atoms. The van der Waals surface area contributed by atoms with E-state index < -0.39 is 6.10 Å². The number of hydrogen-bond donors (Lipinski definition) is 2. The van der Waals surface area contributed by atoms with Crippen LogP contribution in [0.3, 0.4) is 0 Å². The molecule has 1 aliphatic rings. The van der Waals surface area contributed by atoms with Gasteiger partial charge < -0.3 is 29.8 Å². The number of aliphatic hydroxyl groups excluding tert-OH is 1. The third-order valence-corrected chi connectivity index (χ3v) is 6.42. The lowest BCUT2D eigenvalue weighted by Crippen LogP contribution is -2.38. The normalized spacial score (nSPS) is 21.5. The first-order valence-electron chi connectivity index (χ1n) is 11.6. The van der Waals surface area contributed by atoms with Crippen LogP contribution in [0.4, 0.5) is 0 Å². The molecule has 0 aliphatic carbocycles. The van der Waals surface area contributed by atoms with Crippen molar-refractivity contribution in [2.45, 2.75) is 65.2 Å². The van der Waals surface area contributed by atoms with Gasteiger partial charge in [-0.2, -0.15) is 0 Å². The van der Waals surface area contributed by atoms with Gasteiger partial charge in [0.25, 0.3) is 0 Å². The number of esters is 1. The van der Waals surface area contributed by atoms with Crippen molar-refractivity contribution in [1.29, 1.82) is 0 Å². The molecule has 1 aromatic rings. The maximum absolute atomic E-state index is 12.2. The molecule has 7 nitrogen and oxygen atoms in total. The summed E-state index contributed by atoms with van der Waals surface area (Å²) in [5.41, 5.74) is 7.23. The fourth-order valence-corrected chi connectivity index (χ4v) is 4.29. The van der Waals surface area contributed by atoms with E-state index in [9.17, 15) is 9.90 Å². The molecule has 1 aromatic carbocycles. The van der Waals surface area contributed by atoms with E-state index >= 15 is 0 Å². The van der Waals surface area contributed by atoms with Gasteiger partial charge in [-0.25, -0.2) is 0 Å². The average molecular weight is 452 g/mol. The summed E-state index contributed by atoms with van der Waals surface area (Å²) in [4.78, 5) is 12.2. The fourth-order valence-electron chi connectivity index (χ4n) is 4.29. The number of ether oxygens (including phenoxy) is 4. The Hall–Kier alpha value is -1.83. The minimum Gasteiger partial charge on any atom is -0.493 e. The van der Waals surface area contributed by atoms with Crippen molar-refractivity contribution in [3.63, 3.8) is 0 Å². The Kier molecular flexibility index (Phi) is 10.3. The number of benzene rings is 1. The van der Waals surface area contributed by atoms with Crippen molar-refractivity contribution in [2.75, 3.05) is 27.4 Å². The number of aliphatic hydroxyl groups is 1. The molecule has 2 rings (SSSR count). The molecule has 1 saturated heterocycles. The second kappa shape index (κ2) is 12.4. The first kappa shape index (κ1) is 26.4. The van der Waals surface area contributed by atoms with Crippen molar-refractivity contribution in [3.05, 3.63) is 23.8 Å². The van der Waals surface area contributed by atoms with E-state index in [1.165, 1.54) is 0 Å². The quantitative estimate of drug-likeness (QED) is 0.348. The van der Waals surface area contributed by atoms with Crippen molar-refractivity contribution >= 4 is 5.97 Å². The molecule has 0 saturated carbocycles. The van der Waals surface area contributed by atoms with E-state index in [1.807, 2.05) is 32.0 Å². The topological polar surface area (TPSA) is 100 Å². The number of nitrogens with two attached hydrogens (primary N) is 1. The third-order valence-electron chi connectivity index (χ3n) is 6.42. The summed E-state index contributed by atoms with van der Waals surface area (Å²) in [6, 6.07) is 5.18. The summed E-state index contributed by atoms with van der Waals surface area (Å²) in [6.45, 7) is 9.31. The summed E-state index contributed by atoms with van der Waals surface area (Å²) >= 11 is 0. The fraction of sp³-hybridized carbons (Fsp3) is 0.720. The van der Waals surface area contributed by atoms with E-state index in [0.29, 0.717) is 37.6 Å². The van der Waals surface area contributed by atoms with Crippen LogP contribution in [0.2, 0.25) is 0 Å². The Labute approximate surface area is 192 Å². The van der Waals surface area contributed by atoms with E-state index in [2.05, 4.69) is 13.8 Å². The Morgan fingerprint density at radius 1 is 1.16 bits per heavy atom. The number of carbonyl (C=O) groups is 1. The summed E-state index contributed by atoms with van der Waals surface area (Å²) < 4.78 is 21.9. The van der Waals surface area contributed by atoms with Crippen molar-refractivity contribution in [1.82, 2.24) is 0 Å². The smallest absolute Gasteiger partial charge is 0.309 e. The largest absolute Gasteiger partial charge is 0.493 e. The first-order valence-corrected chi connectivity index (χ1v) is 11.6. The molecule has 3 N–H and O–H groups in total. The molecule has 1 fully saturated rings. The highest BCUT2D eigenvalue weighted by Gasteiger charge is 2.40. The molecule has 7 heteroatoms. The molecular formula is C25H41NO6. The van der Waals surface area contributed by atoms with Crippen LogP contribution >= 0.6 is 0 Å². The number of rotatable bonds is 13. The van der Waals surface area contributed by atoms with Gasteiger partial charge in [0.2, 0.25) is 0 Å². The van der Waals surface area contributed by atoms with Crippen molar-refractivity contribution in [2.24, 2.45) is 29.4 Å². The Morgan fingerprint density at radius 2 is 1.88 bits per heavy atom. The summed E-state index contributed by atoms with van der Waals surface area (Å²) in [5.74, 6) is 1.26.